The van der Waals surface area contributed by atoms with E-state index >= 15 is 0 Å². The molecule has 22 heavy (non-hydrogen) atoms. The first-order chi connectivity index (χ1) is 10.3. The SMILES string of the molecule is CC[C@H](C)N1CCC[C@]2(CCC(=O)N2CCS(C)(=O)=O)CC1. The fourth-order valence-electron chi connectivity index (χ4n) is 3.91. The van der Waals surface area contributed by atoms with E-state index in [9.17, 15) is 13.2 Å². The Bertz CT molecular complexity index is 506. The average molecular weight is 330 g/mol. The zero-order chi connectivity index (χ0) is 16.4. The summed E-state index contributed by atoms with van der Waals surface area (Å²) in [5.74, 6) is 0.218. The van der Waals surface area contributed by atoms with Crippen LogP contribution in [0, 0.1) is 0 Å². The summed E-state index contributed by atoms with van der Waals surface area (Å²) in [6, 6.07) is 0.580. The Kier molecular flexibility index (Phi) is 5.54. The van der Waals surface area contributed by atoms with Crippen molar-refractivity contribution < 1.29 is 13.2 Å². The van der Waals surface area contributed by atoms with E-state index in [0.717, 1.165) is 45.2 Å². The number of sulfone groups is 1. The molecule has 6 heteroatoms. The lowest BCUT2D eigenvalue weighted by atomic mass is 9.88. The largest absolute Gasteiger partial charge is 0.336 e. The summed E-state index contributed by atoms with van der Waals surface area (Å²) in [5, 5.41) is 0. The number of likely N-dealkylation sites (tertiary alicyclic amines) is 2. The number of hydrogen-bond acceptors (Lipinski definition) is 4. The molecule has 0 aliphatic carbocycles. The minimum absolute atomic E-state index is 0.0789. The second kappa shape index (κ2) is 6.87. The number of carbonyl (C=O) groups excluding carboxylic acids is 1. The van der Waals surface area contributed by atoms with Gasteiger partial charge in [0.25, 0.3) is 0 Å². The lowest BCUT2D eigenvalue weighted by molar-refractivity contribution is -0.131. The Morgan fingerprint density at radius 1 is 1.23 bits per heavy atom. The predicted octanol–water partition coefficient (Wildman–Crippen LogP) is 1.68. The molecule has 2 heterocycles. The maximum absolute atomic E-state index is 12.3. The molecule has 0 N–H and O–H groups in total. The third kappa shape index (κ3) is 4.02. The van der Waals surface area contributed by atoms with Crippen molar-refractivity contribution in [2.45, 2.75) is 64.0 Å². The zero-order valence-electron chi connectivity index (χ0n) is 14.2. The van der Waals surface area contributed by atoms with Gasteiger partial charge in [-0.05, 0) is 45.6 Å². The monoisotopic (exact) mass is 330 g/mol. The van der Waals surface area contributed by atoms with Crippen molar-refractivity contribution in [3.63, 3.8) is 0 Å². The van der Waals surface area contributed by atoms with Gasteiger partial charge in [0.1, 0.15) is 9.84 Å². The van der Waals surface area contributed by atoms with E-state index in [-0.39, 0.29) is 17.2 Å². The van der Waals surface area contributed by atoms with Crippen molar-refractivity contribution in [3.05, 3.63) is 0 Å². The van der Waals surface area contributed by atoms with Crippen molar-refractivity contribution in [3.8, 4) is 0 Å². The van der Waals surface area contributed by atoms with Crippen LogP contribution in [0.5, 0.6) is 0 Å². The zero-order valence-corrected chi connectivity index (χ0v) is 15.0. The van der Waals surface area contributed by atoms with Crippen LogP contribution in [0.2, 0.25) is 0 Å². The molecular weight excluding hydrogens is 300 g/mol. The number of amides is 1. The van der Waals surface area contributed by atoms with E-state index in [1.54, 1.807) is 0 Å². The molecule has 128 valence electrons. The molecule has 0 saturated carbocycles. The topological polar surface area (TPSA) is 57.7 Å². The Hall–Kier alpha value is -0.620. The van der Waals surface area contributed by atoms with Gasteiger partial charge in [0, 0.05) is 37.3 Å². The van der Waals surface area contributed by atoms with E-state index in [1.807, 2.05) is 4.90 Å². The molecule has 0 bridgehead atoms. The Balaban J connectivity index is 2.08. The third-order valence-electron chi connectivity index (χ3n) is 5.53. The standard InChI is InChI=1S/C16H30N2O3S/c1-4-14(2)17-10-5-7-16(9-11-17)8-6-15(19)18(16)12-13-22(3,20)21/h14H,4-13H2,1-3H3/t14-,16-/m0/s1. The minimum atomic E-state index is -3.03. The number of carbonyl (C=O) groups is 1. The molecule has 0 radical (unpaired) electrons. The number of rotatable bonds is 5. The molecule has 0 aromatic rings. The highest BCUT2D eigenvalue weighted by Crippen LogP contribution is 2.39. The van der Waals surface area contributed by atoms with Gasteiger partial charge in [-0.2, -0.15) is 0 Å². The summed E-state index contributed by atoms with van der Waals surface area (Å²) in [7, 11) is -3.03. The first-order valence-corrected chi connectivity index (χ1v) is 10.6. The lowest BCUT2D eigenvalue weighted by Gasteiger charge is -2.38. The quantitative estimate of drug-likeness (QED) is 0.769. The summed E-state index contributed by atoms with van der Waals surface area (Å²) in [5.41, 5.74) is -0.0933. The fourth-order valence-corrected chi connectivity index (χ4v) is 4.43. The maximum Gasteiger partial charge on any atom is 0.223 e. The Morgan fingerprint density at radius 2 is 1.95 bits per heavy atom. The fraction of sp³-hybridized carbons (Fsp3) is 0.938. The van der Waals surface area contributed by atoms with Crippen LogP contribution in [0.3, 0.4) is 0 Å². The molecule has 2 fully saturated rings. The van der Waals surface area contributed by atoms with Crippen LogP contribution < -0.4 is 0 Å². The predicted molar refractivity (Wildman–Crippen MR) is 88.6 cm³/mol. The van der Waals surface area contributed by atoms with Crippen LogP contribution in [0.4, 0.5) is 0 Å². The van der Waals surface area contributed by atoms with Gasteiger partial charge in [-0.15, -0.1) is 0 Å². The van der Waals surface area contributed by atoms with Gasteiger partial charge >= 0.3 is 0 Å². The molecule has 0 unspecified atom stereocenters. The summed E-state index contributed by atoms with van der Waals surface area (Å²) < 4.78 is 22.9. The molecule has 2 saturated heterocycles. The van der Waals surface area contributed by atoms with Gasteiger partial charge in [-0.1, -0.05) is 6.92 Å². The second-order valence-corrected chi connectivity index (χ2v) is 9.31. The first-order valence-electron chi connectivity index (χ1n) is 8.50. The molecule has 2 aliphatic heterocycles. The molecule has 0 aromatic carbocycles. The van der Waals surface area contributed by atoms with E-state index in [2.05, 4.69) is 18.7 Å². The van der Waals surface area contributed by atoms with Crippen molar-refractivity contribution in [2.24, 2.45) is 0 Å². The van der Waals surface area contributed by atoms with Gasteiger partial charge < -0.3 is 9.80 Å². The highest BCUT2D eigenvalue weighted by Gasteiger charge is 2.45. The molecular formula is C16H30N2O3S. The Labute approximate surface area is 135 Å². The second-order valence-electron chi connectivity index (χ2n) is 7.05. The normalized spacial score (nSPS) is 29.0. The van der Waals surface area contributed by atoms with Crippen molar-refractivity contribution >= 4 is 15.7 Å². The van der Waals surface area contributed by atoms with Crippen LogP contribution in [-0.2, 0) is 14.6 Å². The van der Waals surface area contributed by atoms with Crippen LogP contribution in [0.1, 0.15) is 52.4 Å². The van der Waals surface area contributed by atoms with Gasteiger partial charge in [0.05, 0.1) is 5.75 Å². The van der Waals surface area contributed by atoms with Crippen LogP contribution >= 0.6 is 0 Å². The van der Waals surface area contributed by atoms with E-state index < -0.39 is 9.84 Å². The highest BCUT2D eigenvalue weighted by molar-refractivity contribution is 7.90. The van der Waals surface area contributed by atoms with Gasteiger partial charge in [0.15, 0.2) is 0 Å². The summed E-state index contributed by atoms with van der Waals surface area (Å²) in [4.78, 5) is 16.7. The first kappa shape index (κ1) is 17.7. The summed E-state index contributed by atoms with van der Waals surface area (Å²) >= 11 is 0. The average Bonchev–Trinajstić information content (AvgIpc) is 2.62. The van der Waals surface area contributed by atoms with Gasteiger partial charge in [-0.25, -0.2) is 8.42 Å². The Morgan fingerprint density at radius 3 is 2.59 bits per heavy atom. The van der Waals surface area contributed by atoms with Crippen molar-refractivity contribution in [2.75, 3.05) is 31.6 Å². The maximum atomic E-state index is 12.3. The molecule has 5 nitrogen and oxygen atoms in total. The number of hydrogen-bond donors (Lipinski definition) is 0. The third-order valence-corrected chi connectivity index (χ3v) is 6.45. The summed E-state index contributed by atoms with van der Waals surface area (Å²) in [6.45, 7) is 6.94. The van der Waals surface area contributed by atoms with Gasteiger partial charge in [0.2, 0.25) is 5.91 Å². The van der Waals surface area contributed by atoms with Crippen LogP contribution in [0.25, 0.3) is 0 Å². The summed E-state index contributed by atoms with van der Waals surface area (Å²) in [6.07, 6.45) is 6.94. The van der Waals surface area contributed by atoms with Crippen molar-refractivity contribution in [1.29, 1.82) is 0 Å². The highest BCUT2D eigenvalue weighted by atomic mass is 32.2. The molecule has 2 atom stereocenters. The molecule has 1 amide bonds. The van der Waals surface area contributed by atoms with Crippen LogP contribution in [0.15, 0.2) is 0 Å². The van der Waals surface area contributed by atoms with Crippen LogP contribution in [-0.4, -0.2) is 67.3 Å². The number of nitrogens with zero attached hydrogens (tertiary/aromatic N) is 2. The molecule has 1 spiro atoms. The van der Waals surface area contributed by atoms with E-state index in [1.165, 1.54) is 6.26 Å². The molecule has 2 aliphatic rings. The lowest BCUT2D eigenvalue weighted by Crippen LogP contribution is -2.48. The molecule has 2 rings (SSSR count). The van der Waals surface area contributed by atoms with E-state index in [0.29, 0.717) is 19.0 Å². The van der Waals surface area contributed by atoms with E-state index in [4.69, 9.17) is 0 Å². The molecule has 0 aromatic heterocycles. The minimum Gasteiger partial charge on any atom is -0.336 e. The smallest absolute Gasteiger partial charge is 0.223 e. The van der Waals surface area contributed by atoms with Gasteiger partial charge in [-0.3, -0.25) is 4.79 Å². The van der Waals surface area contributed by atoms with Crippen molar-refractivity contribution in [1.82, 2.24) is 9.80 Å².